The fourth-order valence-electron chi connectivity index (χ4n) is 11.7. The van der Waals surface area contributed by atoms with E-state index in [-0.39, 0.29) is 0 Å². The number of carbonyl (C=O) groups is 10. The monoisotopic (exact) mass is 1770 g/mol. The SMILES string of the molecule is COc1cc(C(=O)Oc2cc(C(=O)OC[C@H]3O[C@@H](OC(=O)c4cc(O)c(O)c(OC(=O)c5cc(O)c(O)c(OC)c5)c4)[C@H](OC(=O)c4cc(O)c(O)c(OC(=O)c5cc(O)c(OC)c(O)c5)c4)[C@@H](OC(=O)c4cc(O)c(O)c(OC(=O)c5cc(O)c(OC)c(O)c5)c4)[C@@H]3OC(=O)c3cc(O)c(O)c(OC(=O)c4cc(O)c(O)c(OC)c4)c3)cc(O)c2O)cc(O)c1O. The summed E-state index contributed by atoms with van der Waals surface area (Å²) in [7, 11) is 5.03. The van der Waals surface area contributed by atoms with Crippen molar-refractivity contribution in [1.29, 1.82) is 0 Å². The number of rotatable bonds is 26. The predicted molar refractivity (Wildman–Crippen MR) is 407 cm³/mol. The van der Waals surface area contributed by atoms with Gasteiger partial charge in [-0.15, -0.1) is 0 Å². The molecule has 1 aliphatic heterocycles. The highest BCUT2D eigenvalue weighted by molar-refractivity contribution is 6.00. The van der Waals surface area contributed by atoms with Crippen LogP contribution in [-0.4, -0.2) is 235 Å². The Bertz CT molecular complexity index is 6140. The smallest absolute Gasteiger partial charge is 0.343 e. The predicted octanol–water partition coefficient (Wildman–Crippen LogP) is 6.35. The number of benzene rings is 10. The van der Waals surface area contributed by atoms with E-state index in [1.54, 1.807) is 0 Å². The van der Waals surface area contributed by atoms with E-state index in [0.29, 0.717) is 103 Å². The van der Waals surface area contributed by atoms with Crippen LogP contribution in [-0.2, 0) is 28.4 Å². The third-order valence-corrected chi connectivity index (χ3v) is 17.9. The summed E-state index contributed by atoms with van der Waals surface area (Å²) in [6.07, 6.45) is -14.8. The Morgan fingerprint density at radius 1 is 0.228 bits per heavy atom. The summed E-state index contributed by atoms with van der Waals surface area (Å²) in [6.45, 7) is -1.66. The van der Waals surface area contributed by atoms with Crippen molar-refractivity contribution in [3.8, 4) is 172 Å². The Morgan fingerprint density at radius 3 is 0.677 bits per heavy atom. The first-order chi connectivity index (χ1) is 60.0. The normalized spacial score (nSPS) is 14.4. The lowest BCUT2D eigenvalue weighted by Crippen LogP contribution is -2.63. The van der Waals surface area contributed by atoms with Gasteiger partial charge in [0.2, 0.25) is 69.9 Å². The van der Waals surface area contributed by atoms with Gasteiger partial charge in [0.1, 0.15) is 12.7 Å². The molecule has 1 aliphatic rings. The van der Waals surface area contributed by atoms with Crippen molar-refractivity contribution in [3.63, 3.8) is 0 Å². The summed E-state index contributed by atoms with van der Waals surface area (Å²) in [4.78, 5) is 144. The summed E-state index contributed by atoms with van der Waals surface area (Å²) >= 11 is 0. The van der Waals surface area contributed by atoms with E-state index in [9.17, 15) is 131 Å². The molecule has 127 heavy (non-hydrogen) atoms. The lowest BCUT2D eigenvalue weighted by Gasteiger charge is -2.43. The first-order valence-corrected chi connectivity index (χ1v) is 35.1. The van der Waals surface area contributed by atoms with E-state index in [1.807, 2.05) is 0 Å². The van der Waals surface area contributed by atoms with E-state index < -0.39 is 325 Å². The number of methoxy groups -OCH3 is 5. The average Bonchev–Trinajstić information content (AvgIpc) is 0.759. The maximum absolute atomic E-state index is 15.4. The highest BCUT2D eigenvalue weighted by Gasteiger charge is 2.55. The van der Waals surface area contributed by atoms with Gasteiger partial charge in [0.25, 0.3) is 0 Å². The van der Waals surface area contributed by atoms with Gasteiger partial charge in [0, 0.05) is 0 Å². The van der Waals surface area contributed by atoms with Crippen LogP contribution in [0.1, 0.15) is 104 Å². The fourth-order valence-corrected chi connectivity index (χ4v) is 11.7. The van der Waals surface area contributed by atoms with Crippen LogP contribution < -0.4 is 47.4 Å². The molecule has 5 atom stereocenters. The van der Waals surface area contributed by atoms with Gasteiger partial charge in [0.05, 0.1) is 91.2 Å². The quantitative estimate of drug-likeness (QED) is 0.0121. The number of hydrogen-bond acceptors (Lipinski definition) is 46. The molecule has 11 rings (SSSR count). The van der Waals surface area contributed by atoms with Crippen LogP contribution in [0.4, 0.5) is 0 Å². The maximum atomic E-state index is 15.4. The fraction of sp³-hybridized carbons (Fsp3) is 0.136. The molecule has 0 aromatic heterocycles. The molecule has 0 saturated carbocycles. The second kappa shape index (κ2) is 36.4. The molecule has 10 aromatic carbocycles. The second-order valence-corrected chi connectivity index (χ2v) is 26.0. The maximum Gasteiger partial charge on any atom is 0.343 e. The molecule has 0 unspecified atom stereocenters. The first kappa shape index (κ1) is 89.6. The molecule has 20 N–H and O–H groups in total. The minimum absolute atomic E-state index is 0.346. The number of carbonyl (C=O) groups excluding carboxylic acids is 10. The van der Waals surface area contributed by atoms with E-state index in [0.717, 1.165) is 53.7 Å². The second-order valence-electron chi connectivity index (χ2n) is 26.0. The van der Waals surface area contributed by atoms with Gasteiger partial charge in [-0.05, 0) is 121 Å². The lowest BCUT2D eigenvalue weighted by molar-refractivity contribution is -0.282. The van der Waals surface area contributed by atoms with Crippen LogP contribution in [0.2, 0.25) is 0 Å². The van der Waals surface area contributed by atoms with Gasteiger partial charge < -0.3 is 178 Å². The summed E-state index contributed by atoms with van der Waals surface area (Å²) in [6, 6.07) is 11.1. The van der Waals surface area contributed by atoms with E-state index >= 15 is 19.2 Å². The zero-order valence-electron chi connectivity index (χ0n) is 64.7. The minimum Gasteiger partial charge on any atom is -0.504 e. The Kier molecular flexibility index (Phi) is 25.7. The molecule has 0 spiro atoms. The number of hydrogen-bond donors (Lipinski definition) is 20. The highest BCUT2D eigenvalue weighted by Crippen LogP contribution is 2.48. The van der Waals surface area contributed by atoms with E-state index in [2.05, 4.69) is 0 Å². The molecule has 0 bridgehead atoms. The number of aromatic hydroxyl groups is 20. The largest absolute Gasteiger partial charge is 0.504 e. The van der Waals surface area contributed by atoms with Gasteiger partial charge in [-0.3, -0.25) is 0 Å². The topological polar surface area (TPSA) is 723 Å². The Hall–Kier alpha value is -18.1. The molecule has 0 amide bonds. The molecule has 1 heterocycles. The van der Waals surface area contributed by atoms with Crippen molar-refractivity contribution >= 4 is 59.7 Å². The van der Waals surface area contributed by atoms with Crippen LogP contribution in [0, 0.1) is 0 Å². The third-order valence-electron chi connectivity index (χ3n) is 17.9. The first-order valence-electron chi connectivity index (χ1n) is 35.1. The van der Waals surface area contributed by atoms with Crippen molar-refractivity contribution in [2.75, 3.05) is 42.2 Å². The van der Waals surface area contributed by atoms with Gasteiger partial charge in [-0.25, -0.2) is 47.9 Å². The molecule has 1 fully saturated rings. The van der Waals surface area contributed by atoms with Crippen molar-refractivity contribution in [3.05, 3.63) is 177 Å². The molecular weight excluding hydrogens is 1710 g/mol. The van der Waals surface area contributed by atoms with Crippen LogP contribution in [0.25, 0.3) is 0 Å². The molecule has 0 radical (unpaired) electrons. The average molecular weight is 1770 g/mol. The Balaban J connectivity index is 1.09. The number of esters is 10. The summed E-state index contributed by atoms with van der Waals surface area (Å²) in [5.74, 6) is -49.0. The van der Waals surface area contributed by atoms with Crippen LogP contribution in [0.3, 0.4) is 0 Å². The summed E-state index contributed by atoms with van der Waals surface area (Å²) < 4.78 is 86.2. The highest BCUT2D eigenvalue weighted by atomic mass is 16.8. The van der Waals surface area contributed by atoms with Crippen LogP contribution in [0.5, 0.6) is 172 Å². The molecule has 662 valence electrons. The molecular formula is C81H62O46. The van der Waals surface area contributed by atoms with Crippen molar-refractivity contribution in [1.82, 2.24) is 0 Å². The van der Waals surface area contributed by atoms with E-state index in [4.69, 9.17) is 75.8 Å². The lowest BCUT2D eigenvalue weighted by atomic mass is 9.97. The number of phenols is 20. The number of ether oxygens (including phenoxy) is 16. The van der Waals surface area contributed by atoms with Crippen molar-refractivity contribution in [2.45, 2.75) is 30.7 Å². The Labute approximate surface area is 705 Å². The van der Waals surface area contributed by atoms with E-state index in [1.165, 1.54) is 0 Å². The molecule has 46 heteroatoms. The van der Waals surface area contributed by atoms with Crippen LogP contribution >= 0.6 is 0 Å². The zero-order chi connectivity index (χ0) is 92.9. The zero-order valence-corrected chi connectivity index (χ0v) is 64.7. The molecule has 0 aliphatic carbocycles. The van der Waals surface area contributed by atoms with Gasteiger partial charge >= 0.3 is 59.7 Å². The van der Waals surface area contributed by atoms with Crippen molar-refractivity contribution < 1.29 is 226 Å². The van der Waals surface area contributed by atoms with Gasteiger partial charge in [-0.1, -0.05) is 0 Å². The standard InChI is InChI=1S/C81H62O46/c1-112-49-18-30(7-37(82)58(49)94)74(105)120-52-21-29(6-40(85)61(52)97)71(102)117-26-57-68(124-77(108)33-10-41(86)64(100)55(22-33)121-75(106)31-8-38(83)59(95)50(19-31)113-2)69(125-78(109)34-11-42(87)62(98)53(23-34)118-72(103)27-14-45(90)66(115-4)46(91)15-27)70(126-79(110)35-12-43(88)63(99)54(24-35)119-73(104)28-16-47(92)67(116-5)48(93)17-28)81(123-57)127-80(111)36-13-44(89)65(101)56(25-36)122-76(107)32-9-39(84)60(96)51(20-32)114-3/h6-25,57,68-70,81-101H,26H2,1-5H3/t57-,68-,69+,70-,81+/m1/s1. The van der Waals surface area contributed by atoms with Gasteiger partial charge in [-0.2, -0.15) is 0 Å². The number of phenolic OH excluding ortho intramolecular Hbond substituents is 20. The Morgan fingerprint density at radius 2 is 0.425 bits per heavy atom. The molecule has 1 saturated heterocycles. The minimum atomic E-state index is -3.07. The molecule has 10 aromatic rings. The molecule has 46 nitrogen and oxygen atoms in total. The summed E-state index contributed by atoms with van der Waals surface area (Å²) in [5.41, 5.74) is -8.92. The van der Waals surface area contributed by atoms with Crippen LogP contribution in [0.15, 0.2) is 121 Å². The van der Waals surface area contributed by atoms with Crippen molar-refractivity contribution in [2.24, 2.45) is 0 Å². The third kappa shape index (κ3) is 18.9. The summed E-state index contributed by atoms with van der Waals surface area (Å²) in [5, 5.41) is 215. The van der Waals surface area contributed by atoms with Gasteiger partial charge in [0.15, 0.2) is 127 Å².